The summed E-state index contributed by atoms with van der Waals surface area (Å²) in [5.74, 6) is 0.573. The molecule has 1 fully saturated rings. The fourth-order valence-corrected chi connectivity index (χ4v) is 2.42. The van der Waals surface area contributed by atoms with Gasteiger partial charge >= 0.3 is 0 Å². The molecule has 80 valence electrons. The van der Waals surface area contributed by atoms with Gasteiger partial charge in [-0.2, -0.15) is 5.26 Å². The first kappa shape index (κ1) is 11.5. The van der Waals surface area contributed by atoms with Crippen molar-refractivity contribution in [2.45, 2.75) is 52.0 Å². The molecular formula is C12H22N2. The Hall–Kier alpha value is -0.550. The largest absolute Gasteiger partial charge is 0.298 e. The van der Waals surface area contributed by atoms with E-state index >= 15 is 0 Å². The quantitative estimate of drug-likeness (QED) is 0.688. The number of likely N-dealkylation sites (tertiary alicyclic amines) is 1. The Balaban J connectivity index is 2.52. The zero-order valence-corrected chi connectivity index (χ0v) is 9.71. The Morgan fingerprint density at radius 1 is 1.50 bits per heavy atom. The zero-order valence-electron chi connectivity index (χ0n) is 9.71. The topological polar surface area (TPSA) is 27.0 Å². The molecule has 0 spiro atoms. The summed E-state index contributed by atoms with van der Waals surface area (Å²) in [4.78, 5) is 2.55. The lowest BCUT2D eigenvalue weighted by atomic mass is 9.86. The van der Waals surface area contributed by atoms with E-state index in [1.165, 1.54) is 32.4 Å². The molecular weight excluding hydrogens is 172 g/mol. The van der Waals surface area contributed by atoms with Crippen LogP contribution in [0.4, 0.5) is 0 Å². The number of hydrogen-bond acceptors (Lipinski definition) is 2. The van der Waals surface area contributed by atoms with Gasteiger partial charge in [-0.05, 0) is 45.7 Å². The second kappa shape index (κ2) is 4.79. The van der Waals surface area contributed by atoms with E-state index in [0.717, 1.165) is 6.42 Å². The maximum Gasteiger partial charge on any atom is 0.0625 e. The van der Waals surface area contributed by atoms with Gasteiger partial charge in [0, 0.05) is 12.0 Å². The maximum absolute atomic E-state index is 8.75. The van der Waals surface area contributed by atoms with Crippen molar-refractivity contribution in [3.63, 3.8) is 0 Å². The highest BCUT2D eigenvalue weighted by Crippen LogP contribution is 2.36. The van der Waals surface area contributed by atoms with Gasteiger partial charge in [-0.1, -0.05) is 13.3 Å². The molecule has 1 aliphatic heterocycles. The minimum atomic E-state index is 0.241. The van der Waals surface area contributed by atoms with Crippen LogP contribution < -0.4 is 0 Å². The minimum absolute atomic E-state index is 0.241. The first-order valence-corrected chi connectivity index (χ1v) is 5.75. The molecule has 0 saturated carbocycles. The van der Waals surface area contributed by atoms with Crippen molar-refractivity contribution < 1.29 is 0 Å². The molecule has 0 N–H and O–H groups in total. The smallest absolute Gasteiger partial charge is 0.0625 e. The average molecular weight is 194 g/mol. The van der Waals surface area contributed by atoms with Crippen LogP contribution in [0.1, 0.15) is 46.5 Å². The van der Waals surface area contributed by atoms with Crippen molar-refractivity contribution in [2.24, 2.45) is 5.92 Å². The van der Waals surface area contributed by atoms with Gasteiger partial charge < -0.3 is 0 Å². The van der Waals surface area contributed by atoms with Crippen LogP contribution in [0.5, 0.6) is 0 Å². The number of unbranched alkanes of at least 4 members (excludes halogenated alkanes) is 1. The highest BCUT2D eigenvalue weighted by atomic mass is 15.2. The van der Waals surface area contributed by atoms with Crippen molar-refractivity contribution in [1.82, 2.24) is 4.90 Å². The Kier molecular flexibility index (Phi) is 3.95. The van der Waals surface area contributed by atoms with E-state index < -0.39 is 0 Å². The summed E-state index contributed by atoms with van der Waals surface area (Å²) in [5.41, 5.74) is 0.241. The summed E-state index contributed by atoms with van der Waals surface area (Å²) in [6.07, 6.45) is 4.46. The van der Waals surface area contributed by atoms with Crippen LogP contribution in [0.3, 0.4) is 0 Å². The summed E-state index contributed by atoms with van der Waals surface area (Å²) in [6.45, 7) is 9.19. The summed E-state index contributed by atoms with van der Waals surface area (Å²) in [7, 11) is 0. The minimum Gasteiger partial charge on any atom is -0.298 e. The first-order chi connectivity index (χ1) is 6.62. The first-order valence-electron chi connectivity index (χ1n) is 5.75. The predicted molar refractivity (Wildman–Crippen MR) is 58.9 cm³/mol. The van der Waals surface area contributed by atoms with Gasteiger partial charge in [-0.3, -0.25) is 4.90 Å². The highest BCUT2D eigenvalue weighted by molar-refractivity contribution is 4.98. The SMILES string of the molecule is CCCCN1CCC(CC#N)C1(C)C. The lowest BCUT2D eigenvalue weighted by molar-refractivity contribution is 0.138. The Labute approximate surface area is 87.9 Å². The third-order valence-electron chi connectivity index (χ3n) is 3.68. The molecule has 0 amide bonds. The molecule has 0 bridgehead atoms. The number of nitrogens with zero attached hydrogens (tertiary/aromatic N) is 2. The molecule has 0 aromatic rings. The van der Waals surface area contributed by atoms with Crippen molar-refractivity contribution >= 4 is 0 Å². The van der Waals surface area contributed by atoms with Crippen molar-refractivity contribution in [3.8, 4) is 6.07 Å². The Bertz CT molecular complexity index is 215. The lowest BCUT2D eigenvalue weighted by Crippen LogP contribution is -2.42. The molecule has 0 aromatic carbocycles. The molecule has 1 unspecified atom stereocenters. The molecule has 1 rings (SSSR count). The molecule has 0 aliphatic carbocycles. The molecule has 1 saturated heterocycles. The van der Waals surface area contributed by atoms with E-state index in [1.54, 1.807) is 0 Å². The highest BCUT2D eigenvalue weighted by Gasteiger charge is 2.40. The van der Waals surface area contributed by atoms with Crippen molar-refractivity contribution in [1.29, 1.82) is 5.26 Å². The predicted octanol–water partition coefficient (Wildman–Crippen LogP) is 2.80. The number of hydrogen-bond donors (Lipinski definition) is 0. The van der Waals surface area contributed by atoms with E-state index in [-0.39, 0.29) is 5.54 Å². The fourth-order valence-electron chi connectivity index (χ4n) is 2.42. The summed E-state index contributed by atoms with van der Waals surface area (Å²) >= 11 is 0. The van der Waals surface area contributed by atoms with Gasteiger partial charge in [0.2, 0.25) is 0 Å². The van der Waals surface area contributed by atoms with Gasteiger partial charge in [0.25, 0.3) is 0 Å². The van der Waals surface area contributed by atoms with E-state index in [2.05, 4.69) is 31.7 Å². The van der Waals surface area contributed by atoms with Gasteiger partial charge in [-0.25, -0.2) is 0 Å². The van der Waals surface area contributed by atoms with Crippen LogP contribution in [-0.4, -0.2) is 23.5 Å². The molecule has 2 nitrogen and oxygen atoms in total. The normalized spacial score (nSPS) is 26.3. The van der Waals surface area contributed by atoms with E-state index in [9.17, 15) is 0 Å². The monoisotopic (exact) mass is 194 g/mol. The van der Waals surface area contributed by atoms with Crippen LogP contribution >= 0.6 is 0 Å². The van der Waals surface area contributed by atoms with E-state index in [1.807, 2.05) is 0 Å². The van der Waals surface area contributed by atoms with E-state index in [4.69, 9.17) is 5.26 Å². The van der Waals surface area contributed by atoms with Crippen LogP contribution in [0.2, 0.25) is 0 Å². The van der Waals surface area contributed by atoms with Crippen molar-refractivity contribution in [3.05, 3.63) is 0 Å². The van der Waals surface area contributed by atoms with Gasteiger partial charge in [0.15, 0.2) is 0 Å². The second-order valence-electron chi connectivity index (χ2n) is 4.84. The van der Waals surface area contributed by atoms with Crippen LogP contribution in [0, 0.1) is 17.2 Å². The van der Waals surface area contributed by atoms with Gasteiger partial charge in [0.1, 0.15) is 0 Å². The Morgan fingerprint density at radius 2 is 2.21 bits per heavy atom. The summed E-state index contributed by atoms with van der Waals surface area (Å²) in [5, 5.41) is 8.75. The van der Waals surface area contributed by atoms with Crippen LogP contribution in [0.25, 0.3) is 0 Å². The molecule has 1 aliphatic rings. The van der Waals surface area contributed by atoms with Crippen LogP contribution in [-0.2, 0) is 0 Å². The second-order valence-corrected chi connectivity index (χ2v) is 4.84. The van der Waals surface area contributed by atoms with Crippen molar-refractivity contribution in [2.75, 3.05) is 13.1 Å². The molecule has 0 radical (unpaired) electrons. The zero-order chi connectivity index (χ0) is 10.6. The molecule has 0 aromatic heterocycles. The lowest BCUT2D eigenvalue weighted by Gasteiger charge is -2.35. The molecule has 1 heterocycles. The molecule has 1 atom stereocenters. The Morgan fingerprint density at radius 3 is 2.79 bits per heavy atom. The van der Waals surface area contributed by atoms with E-state index in [0.29, 0.717) is 5.92 Å². The van der Waals surface area contributed by atoms with Gasteiger partial charge in [-0.15, -0.1) is 0 Å². The number of nitriles is 1. The molecule has 14 heavy (non-hydrogen) atoms. The van der Waals surface area contributed by atoms with Gasteiger partial charge in [0.05, 0.1) is 6.07 Å². The summed E-state index contributed by atoms with van der Waals surface area (Å²) in [6, 6.07) is 2.32. The van der Waals surface area contributed by atoms with Crippen LogP contribution in [0.15, 0.2) is 0 Å². The molecule has 2 heteroatoms. The standard InChI is InChI=1S/C12H22N2/c1-4-5-9-14-10-7-11(6-8-13)12(14,2)3/h11H,4-7,9-10H2,1-3H3. The fraction of sp³-hybridized carbons (Fsp3) is 0.917. The third-order valence-corrected chi connectivity index (χ3v) is 3.68. The maximum atomic E-state index is 8.75. The third kappa shape index (κ3) is 2.27. The average Bonchev–Trinajstić information content (AvgIpc) is 2.41. The summed E-state index contributed by atoms with van der Waals surface area (Å²) < 4.78 is 0. The number of rotatable bonds is 4.